The SMILES string of the molecule is CSCCCNc1ccccc1S(=O)(=O)NC1CC1. The van der Waals surface area contributed by atoms with Gasteiger partial charge >= 0.3 is 0 Å². The predicted octanol–water partition coefficient (Wildman–Crippen LogP) is 2.29. The Morgan fingerprint density at radius 1 is 1.32 bits per heavy atom. The van der Waals surface area contributed by atoms with Crippen LogP contribution in [0.4, 0.5) is 5.69 Å². The lowest BCUT2D eigenvalue weighted by Crippen LogP contribution is -2.26. The van der Waals surface area contributed by atoms with Crippen molar-refractivity contribution >= 4 is 27.5 Å². The third-order valence-corrected chi connectivity index (χ3v) is 5.19. The summed E-state index contributed by atoms with van der Waals surface area (Å²) in [5.74, 6) is 1.07. The van der Waals surface area contributed by atoms with E-state index in [0.29, 0.717) is 10.6 Å². The van der Waals surface area contributed by atoms with E-state index in [-0.39, 0.29) is 6.04 Å². The second-order valence-electron chi connectivity index (χ2n) is 4.66. The second-order valence-corrected chi connectivity index (χ2v) is 7.33. The number of hydrogen-bond acceptors (Lipinski definition) is 4. The number of benzene rings is 1. The third-order valence-electron chi connectivity index (χ3n) is 2.92. The first-order valence-corrected chi connectivity index (χ1v) is 9.35. The Morgan fingerprint density at radius 2 is 2.05 bits per heavy atom. The number of nitrogens with one attached hydrogen (secondary N) is 2. The van der Waals surface area contributed by atoms with Crippen LogP contribution in [0.1, 0.15) is 19.3 Å². The van der Waals surface area contributed by atoms with Crippen molar-refractivity contribution in [3.63, 3.8) is 0 Å². The summed E-state index contributed by atoms with van der Waals surface area (Å²) in [7, 11) is -3.39. The molecule has 1 saturated carbocycles. The number of thioether (sulfide) groups is 1. The molecule has 1 aromatic carbocycles. The molecule has 1 aliphatic rings. The molecule has 0 aromatic heterocycles. The highest BCUT2D eigenvalue weighted by molar-refractivity contribution is 7.98. The molecule has 19 heavy (non-hydrogen) atoms. The molecule has 106 valence electrons. The Balaban J connectivity index is 2.06. The van der Waals surface area contributed by atoms with E-state index >= 15 is 0 Å². The normalized spacial score (nSPS) is 15.4. The van der Waals surface area contributed by atoms with Gasteiger partial charge in [0.05, 0.1) is 5.69 Å². The minimum atomic E-state index is -3.39. The van der Waals surface area contributed by atoms with Gasteiger partial charge in [0.2, 0.25) is 10.0 Å². The molecule has 6 heteroatoms. The second kappa shape index (κ2) is 6.63. The minimum Gasteiger partial charge on any atom is -0.384 e. The standard InChI is InChI=1S/C13H20N2O2S2/c1-18-10-4-9-14-12-5-2-3-6-13(12)19(16,17)15-11-7-8-11/h2-3,5-6,11,14-15H,4,7-10H2,1H3. The molecule has 1 aromatic rings. The van der Waals surface area contributed by atoms with Crippen LogP contribution in [0, 0.1) is 0 Å². The smallest absolute Gasteiger partial charge is 0.242 e. The van der Waals surface area contributed by atoms with Crippen LogP contribution in [0.15, 0.2) is 29.2 Å². The van der Waals surface area contributed by atoms with Gasteiger partial charge in [-0.1, -0.05) is 12.1 Å². The summed E-state index contributed by atoms with van der Waals surface area (Å²) < 4.78 is 27.2. The van der Waals surface area contributed by atoms with Gasteiger partial charge in [0.1, 0.15) is 4.90 Å². The number of anilines is 1. The Kier molecular flexibility index (Phi) is 5.13. The van der Waals surface area contributed by atoms with Crippen LogP contribution in [-0.4, -0.2) is 33.0 Å². The Bertz CT molecular complexity index is 513. The van der Waals surface area contributed by atoms with Gasteiger partial charge < -0.3 is 5.32 Å². The maximum atomic E-state index is 12.2. The molecular weight excluding hydrogens is 280 g/mol. The van der Waals surface area contributed by atoms with Crippen molar-refractivity contribution in [2.45, 2.75) is 30.2 Å². The molecule has 2 rings (SSSR count). The van der Waals surface area contributed by atoms with E-state index in [2.05, 4.69) is 16.3 Å². The summed E-state index contributed by atoms with van der Waals surface area (Å²) in [6.07, 6.45) is 4.98. The fraction of sp³-hybridized carbons (Fsp3) is 0.538. The summed E-state index contributed by atoms with van der Waals surface area (Å²) >= 11 is 1.79. The molecule has 0 bridgehead atoms. The fourth-order valence-corrected chi connectivity index (χ4v) is 3.69. The molecule has 0 aliphatic heterocycles. The van der Waals surface area contributed by atoms with Gasteiger partial charge in [-0.25, -0.2) is 13.1 Å². The van der Waals surface area contributed by atoms with Crippen molar-refractivity contribution in [2.75, 3.05) is 23.9 Å². The average molecular weight is 300 g/mol. The van der Waals surface area contributed by atoms with Crippen molar-refractivity contribution in [1.29, 1.82) is 0 Å². The van der Waals surface area contributed by atoms with Crippen molar-refractivity contribution < 1.29 is 8.42 Å². The maximum absolute atomic E-state index is 12.2. The first-order valence-electron chi connectivity index (χ1n) is 6.47. The van der Waals surface area contributed by atoms with Gasteiger partial charge in [0, 0.05) is 12.6 Å². The lowest BCUT2D eigenvalue weighted by molar-refractivity contribution is 0.581. The summed E-state index contributed by atoms with van der Waals surface area (Å²) in [5.41, 5.74) is 0.691. The first-order chi connectivity index (χ1) is 9.13. The quantitative estimate of drug-likeness (QED) is 0.723. The van der Waals surface area contributed by atoms with Gasteiger partial charge in [-0.2, -0.15) is 11.8 Å². The van der Waals surface area contributed by atoms with Crippen LogP contribution in [0.2, 0.25) is 0 Å². The van der Waals surface area contributed by atoms with E-state index in [4.69, 9.17) is 0 Å². The van der Waals surface area contributed by atoms with Crippen LogP contribution >= 0.6 is 11.8 Å². The molecule has 4 nitrogen and oxygen atoms in total. The Morgan fingerprint density at radius 3 is 2.74 bits per heavy atom. The van der Waals surface area contributed by atoms with E-state index < -0.39 is 10.0 Å². The first kappa shape index (κ1) is 14.7. The van der Waals surface area contributed by atoms with E-state index in [9.17, 15) is 8.42 Å². The van der Waals surface area contributed by atoms with Crippen LogP contribution in [-0.2, 0) is 10.0 Å². The van der Waals surface area contributed by atoms with Crippen molar-refractivity contribution in [2.24, 2.45) is 0 Å². The largest absolute Gasteiger partial charge is 0.384 e. The molecule has 2 N–H and O–H groups in total. The highest BCUT2D eigenvalue weighted by Gasteiger charge is 2.29. The molecule has 0 spiro atoms. The molecule has 0 heterocycles. The monoisotopic (exact) mass is 300 g/mol. The van der Waals surface area contributed by atoms with Gasteiger partial charge in [0.25, 0.3) is 0 Å². The number of para-hydroxylation sites is 1. The van der Waals surface area contributed by atoms with Crippen molar-refractivity contribution in [1.82, 2.24) is 4.72 Å². The summed E-state index contributed by atoms with van der Waals surface area (Å²) in [5, 5.41) is 3.22. The molecule has 0 amide bonds. The fourth-order valence-electron chi connectivity index (χ4n) is 1.77. The molecule has 0 saturated heterocycles. The van der Waals surface area contributed by atoms with E-state index in [0.717, 1.165) is 31.6 Å². The minimum absolute atomic E-state index is 0.134. The van der Waals surface area contributed by atoms with Gasteiger partial charge in [-0.05, 0) is 43.4 Å². The van der Waals surface area contributed by atoms with Crippen LogP contribution in [0.5, 0.6) is 0 Å². The number of sulfonamides is 1. The Labute approximate surface area is 119 Å². The molecule has 1 aliphatic carbocycles. The van der Waals surface area contributed by atoms with Crippen LogP contribution in [0.3, 0.4) is 0 Å². The van der Waals surface area contributed by atoms with Gasteiger partial charge in [0.15, 0.2) is 0 Å². The van der Waals surface area contributed by atoms with Gasteiger partial charge in [-0.15, -0.1) is 0 Å². The number of hydrogen-bond donors (Lipinski definition) is 2. The van der Waals surface area contributed by atoms with E-state index in [1.165, 1.54) is 0 Å². The highest BCUT2D eigenvalue weighted by Crippen LogP contribution is 2.25. The molecule has 0 unspecified atom stereocenters. The van der Waals surface area contributed by atoms with E-state index in [1.54, 1.807) is 23.9 Å². The van der Waals surface area contributed by atoms with E-state index in [1.807, 2.05) is 12.1 Å². The lowest BCUT2D eigenvalue weighted by Gasteiger charge is -2.12. The van der Waals surface area contributed by atoms with Crippen LogP contribution < -0.4 is 10.0 Å². The summed E-state index contributed by atoms with van der Waals surface area (Å²) in [6, 6.07) is 7.22. The topological polar surface area (TPSA) is 58.2 Å². The lowest BCUT2D eigenvalue weighted by atomic mass is 10.3. The molecule has 1 fully saturated rings. The third kappa shape index (κ3) is 4.40. The van der Waals surface area contributed by atoms with Crippen LogP contribution in [0.25, 0.3) is 0 Å². The highest BCUT2D eigenvalue weighted by atomic mass is 32.2. The zero-order valence-corrected chi connectivity index (χ0v) is 12.7. The van der Waals surface area contributed by atoms with Gasteiger partial charge in [-0.3, -0.25) is 0 Å². The molecule has 0 atom stereocenters. The molecule has 0 radical (unpaired) electrons. The zero-order chi connectivity index (χ0) is 13.7. The van der Waals surface area contributed by atoms with Crippen molar-refractivity contribution in [3.8, 4) is 0 Å². The van der Waals surface area contributed by atoms with Crippen molar-refractivity contribution in [3.05, 3.63) is 24.3 Å². The maximum Gasteiger partial charge on any atom is 0.242 e. The number of rotatable bonds is 8. The molecular formula is C13H20N2O2S2. The average Bonchev–Trinajstić information content (AvgIpc) is 3.18. The summed E-state index contributed by atoms with van der Waals surface area (Å²) in [6.45, 7) is 0.788. The Hall–Kier alpha value is -0.720. The zero-order valence-electron chi connectivity index (χ0n) is 11.1. The summed E-state index contributed by atoms with van der Waals surface area (Å²) in [4.78, 5) is 0.353. The predicted molar refractivity (Wildman–Crippen MR) is 81.3 cm³/mol.